The Morgan fingerprint density at radius 3 is 2.18 bits per heavy atom. The zero-order chi connectivity index (χ0) is 15.9. The summed E-state index contributed by atoms with van der Waals surface area (Å²) < 4.78 is 0. The van der Waals surface area contributed by atoms with Crippen LogP contribution in [0, 0.1) is 0 Å². The minimum absolute atomic E-state index is 0.122. The van der Waals surface area contributed by atoms with Gasteiger partial charge in [-0.05, 0) is 36.8 Å². The van der Waals surface area contributed by atoms with Gasteiger partial charge in [-0.2, -0.15) is 5.10 Å². The number of benzene rings is 1. The summed E-state index contributed by atoms with van der Waals surface area (Å²) in [4.78, 5) is 26.7. The van der Waals surface area contributed by atoms with Crippen LogP contribution in [0.1, 0.15) is 29.8 Å². The third kappa shape index (κ3) is 4.24. The number of carbonyl (C=O) groups excluding carboxylic acids is 2. The molecular formula is C16H16N4O2. The lowest BCUT2D eigenvalue weighted by Crippen LogP contribution is -2.19. The second-order valence-electron chi connectivity index (χ2n) is 4.63. The van der Waals surface area contributed by atoms with E-state index in [-0.39, 0.29) is 11.8 Å². The van der Waals surface area contributed by atoms with Crippen molar-refractivity contribution in [3.63, 3.8) is 0 Å². The molecule has 6 nitrogen and oxygen atoms in total. The molecular weight excluding hydrogens is 280 g/mol. The van der Waals surface area contributed by atoms with Crippen LogP contribution in [0.4, 0.5) is 5.69 Å². The predicted octanol–water partition coefficient (Wildman–Crippen LogP) is 2.19. The van der Waals surface area contributed by atoms with E-state index in [0.29, 0.717) is 17.0 Å². The first-order valence-electron chi connectivity index (χ1n) is 6.69. The summed E-state index contributed by atoms with van der Waals surface area (Å²) in [6.45, 7) is 3.25. The highest BCUT2D eigenvalue weighted by Gasteiger charge is 2.04. The third-order valence-corrected chi connectivity index (χ3v) is 2.89. The topological polar surface area (TPSA) is 83.5 Å². The van der Waals surface area contributed by atoms with E-state index < -0.39 is 0 Å². The van der Waals surface area contributed by atoms with Crippen molar-refractivity contribution in [1.29, 1.82) is 0 Å². The van der Waals surface area contributed by atoms with Crippen LogP contribution in [-0.4, -0.2) is 22.5 Å². The Labute approximate surface area is 128 Å². The molecule has 0 aliphatic carbocycles. The number of nitrogens with one attached hydrogen (secondary N) is 2. The minimum atomic E-state index is -0.295. The van der Waals surface area contributed by atoms with Gasteiger partial charge in [-0.3, -0.25) is 14.6 Å². The zero-order valence-electron chi connectivity index (χ0n) is 12.3. The number of aromatic nitrogens is 1. The molecule has 0 saturated carbocycles. The lowest BCUT2D eigenvalue weighted by molar-refractivity contribution is -0.114. The molecule has 0 aliphatic rings. The van der Waals surface area contributed by atoms with Crippen LogP contribution in [0.5, 0.6) is 0 Å². The van der Waals surface area contributed by atoms with Gasteiger partial charge in [0.05, 0.1) is 5.71 Å². The number of amides is 2. The van der Waals surface area contributed by atoms with E-state index in [2.05, 4.69) is 20.8 Å². The Hall–Kier alpha value is -3.02. The first kappa shape index (κ1) is 15.4. The molecule has 2 rings (SSSR count). The molecule has 2 aromatic rings. The molecule has 6 heteroatoms. The molecule has 2 amide bonds. The van der Waals surface area contributed by atoms with E-state index in [0.717, 1.165) is 5.56 Å². The Kier molecular flexibility index (Phi) is 4.98. The Morgan fingerprint density at radius 1 is 0.955 bits per heavy atom. The van der Waals surface area contributed by atoms with E-state index in [1.807, 2.05) is 12.1 Å². The van der Waals surface area contributed by atoms with E-state index in [9.17, 15) is 9.59 Å². The molecule has 0 fully saturated rings. The van der Waals surface area contributed by atoms with Gasteiger partial charge in [0.2, 0.25) is 5.91 Å². The van der Waals surface area contributed by atoms with Crippen molar-refractivity contribution in [3.8, 4) is 0 Å². The maximum absolute atomic E-state index is 11.9. The molecule has 0 aliphatic heterocycles. The quantitative estimate of drug-likeness (QED) is 0.670. The minimum Gasteiger partial charge on any atom is -0.326 e. The van der Waals surface area contributed by atoms with Crippen molar-refractivity contribution in [1.82, 2.24) is 10.4 Å². The molecule has 1 aromatic carbocycles. The van der Waals surface area contributed by atoms with Gasteiger partial charge in [-0.1, -0.05) is 12.1 Å². The predicted molar refractivity (Wildman–Crippen MR) is 84.7 cm³/mol. The lowest BCUT2D eigenvalue weighted by atomic mass is 10.1. The second-order valence-corrected chi connectivity index (χ2v) is 4.63. The smallest absolute Gasteiger partial charge is 0.271 e. The molecule has 0 spiro atoms. The van der Waals surface area contributed by atoms with Crippen molar-refractivity contribution in [3.05, 3.63) is 59.9 Å². The van der Waals surface area contributed by atoms with E-state index >= 15 is 0 Å². The fraction of sp³-hybridized carbons (Fsp3) is 0.125. The summed E-state index contributed by atoms with van der Waals surface area (Å²) in [5.41, 5.74) is 5.22. The molecule has 0 saturated heterocycles. The largest absolute Gasteiger partial charge is 0.326 e. The third-order valence-electron chi connectivity index (χ3n) is 2.89. The number of pyridine rings is 1. The second kappa shape index (κ2) is 7.12. The van der Waals surface area contributed by atoms with E-state index in [4.69, 9.17) is 0 Å². The molecule has 0 unspecified atom stereocenters. The summed E-state index contributed by atoms with van der Waals surface area (Å²) in [5.74, 6) is -0.417. The van der Waals surface area contributed by atoms with Crippen molar-refractivity contribution in [2.45, 2.75) is 13.8 Å². The maximum atomic E-state index is 11.9. The highest BCUT2D eigenvalue weighted by Crippen LogP contribution is 2.10. The van der Waals surface area contributed by atoms with Gasteiger partial charge in [0.25, 0.3) is 5.91 Å². The van der Waals surface area contributed by atoms with Crippen LogP contribution >= 0.6 is 0 Å². The number of nitrogens with zero attached hydrogens (tertiary/aromatic N) is 2. The van der Waals surface area contributed by atoms with Crippen LogP contribution in [-0.2, 0) is 4.79 Å². The molecule has 1 aromatic heterocycles. The maximum Gasteiger partial charge on any atom is 0.271 e. The first-order chi connectivity index (χ1) is 10.6. The zero-order valence-corrected chi connectivity index (χ0v) is 12.3. The van der Waals surface area contributed by atoms with Gasteiger partial charge in [-0.25, -0.2) is 5.43 Å². The molecule has 2 N–H and O–H groups in total. The summed E-state index contributed by atoms with van der Waals surface area (Å²) in [6, 6.07) is 10.4. The average Bonchev–Trinajstić information content (AvgIpc) is 2.53. The van der Waals surface area contributed by atoms with Gasteiger partial charge in [0, 0.05) is 30.6 Å². The summed E-state index contributed by atoms with van der Waals surface area (Å²) >= 11 is 0. The van der Waals surface area contributed by atoms with Gasteiger partial charge < -0.3 is 5.32 Å². The lowest BCUT2D eigenvalue weighted by Gasteiger charge is -2.05. The van der Waals surface area contributed by atoms with Crippen LogP contribution in [0.15, 0.2) is 53.9 Å². The SMILES string of the molecule is CC(=O)Nc1ccc(C(C)=NNC(=O)c2ccncc2)cc1. The summed E-state index contributed by atoms with van der Waals surface area (Å²) in [5, 5.41) is 6.76. The normalized spacial score (nSPS) is 10.9. The fourth-order valence-electron chi connectivity index (χ4n) is 1.77. The molecule has 0 atom stereocenters. The van der Waals surface area contributed by atoms with E-state index in [1.54, 1.807) is 43.6 Å². The van der Waals surface area contributed by atoms with Crippen molar-refractivity contribution < 1.29 is 9.59 Å². The van der Waals surface area contributed by atoms with Gasteiger partial charge in [-0.15, -0.1) is 0 Å². The van der Waals surface area contributed by atoms with Gasteiger partial charge >= 0.3 is 0 Å². The number of carbonyl (C=O) groups is 2. The summed E-state index contributed by atoms with van der Waals surface area (Å²) in [7, 11) is 0. The van der Waals surface area contributed by atoms with Crippen LogP contribution < -0.4 is 10.7 Å². The number of hydrogen-bond acceptors (Lipinski definition) is 4. The standard InChI is InChI=1S/C16H16N4O2/c1-11(13-3-5-15(6-4-13)18-12(2)21)19-20-16(22)14-7-9-17-10-8-14/h3-10H,1-2H3,(H,18,21)(H,20,22). The Morgan fingerprint density at radius 2 is 1.59 bits per heavy atom. The average molecular weight is 296 g/mol. The van der Waals surface area contributed by atoms with Crippen LogP contribution in [0.25, 0.3) is 0 Å². The number of rotatable bonds is 4. The molecule has 112 valence electrons. The van der Waals surface area contributed by atoms with Crippen molar-refractivity contribution in [2.75, 3.05) is 5.32 Å². The van der Waals surface area contributed by atoms with Gasteiger partial charge in [0.1, 0.15) is 0 Å². The monoisotopic (exact) mass is 296 g/mol. The van der Waals surface area contributed by atoms with Crippen molar-refractivity contribution >= 4 is 23.2 Å². The van der Waals surface area contributed by atoms with Gasteiger partial charge in [0.15, 0.2) is 0 Å². The first-order valence-corrected chi connectivity index (χ1v) is 6.69. The number of hydrazone groups is 1. The molecule has 0 radical (unpaired) electrons. The summed E-state index contributed by atoms with van der Waals surface area (Å²) in [6.07, 6.45) is 3.10. The highest BCUT2D eigenvalue weighted by atomic mass is 16.2. The van der Waals surface area contributed by atoms with Crippen LogP contribution in [0.2, 0.25) is 0 Å². The number of anilines is 1. The number of hydrogen-bond donors (Lipinski definition) is 2. The molecule has 0 bridgehead atoms. The Bertz CT molecular complexity index is 694. The Balaban J connectivity index is 2.03. The van der Waals surface area contributed by atoms with E-state index in [1.165, 1.54) is 6.92 Å². The fourth-order valence-corrected chi connectivity index (χ4v) is 1.77. The van der Waals surface area contributed by atoms with Crippen molar-refractivity contribution in [2.24, 2.45) is 5.10 Å². The molecule has 1 heterocycles. The van der Waals surface area contributed by atoms with Crippen LogP contribution in [0.3, 0.4) is 0 Å². The highest BCUT2D eigenvalue weighted by molar-refractivity contribution is 6.01. The molecule has 22 heavy (non-hydrogen) atoms.